The number of thiophene rings is 1. The van der Waals surface area contributed by atoms with Gasteiger partial charge in [-0.05, 0) is 33.3 Å². The zero-order chi connectivity index (χ0) is 20.3. The Morgan fingerprint density at radius 2 is 1.96 bits per heavy atom. The molecule has 3 N–H and O–H groups in total. The smallest absolute Gasteiger partial charge is 0.341 e. The van der Waals surface area contributed by atoms with Gasteiger partial charge in [-0.25, -0.2) is 4.79 Å². The first kappa shape index (κ1) is 20.9. The van der Waals surface area contributed by atoms with Crippen molar-refractivity contribution < 1.29 is 19.1 Å². The SMILES string of the molecule is CCOC(=O)c1c(NC(=O)CCn2nc(C)c(Cl)c2C)sc(C(N)=O)c1C. The van der Waals surface area contributed by atoms with Gasteiger partial charge < -0.3 is 15.8 Å². The minimum absolute atomic E-state index is 0.114. The summed E-state index contributed by atoms with van der Waals surface area (Å²) in [5, 5.41) is 7.76. The largest absolute Gasteiger partial charge is 0.462 e. The number of amides is 2. The Morgan fingerprint density at radius 3 is 2.48 bits per heavy atom. The molecule has 8 nitrogen and oxygen atoms in total. The lowest BCUT2D eigenvalue weighted by atomic mass is 10.1. The molecule has 2 amide bonds. The molecule has 0 aliphatic carbocycles. The number of esters is 1. The van der Waals surface area contributed by atoms with Crippen LogP contribution in [0.3, 0.4) is 0 Å². The van der Waals surface area contributed by atoms with Gasteiger partial charge in [0.1, 0.15) is 5.00 Å². The summed E-state index contributed by atoms with van der Waals surface area (Å²) in [6.45, 7) is 7.38. The van der Waals surface area contributed by atoms with Crippen molar-refractivity contribution in [2.45, 2.75) is 40.7 Å². The molecule has 0 saturated carbocycles. The van der Waals surface area contributed by atoms with E-state index in [4.69, 9.17) is 22.1 Å². The maximum absolute atomic E-state index is 12.4. The molecule has 2 rings (SSSR count). The molecule has 0 aromatic carbocycles. The van der Waals surface area contributed by atoms with Crippen molar-refractivity contribution in [2.75, 3.05) is 11.9 Å². The Hall–Kier alpha value is -2.39. The number of nitrogens with two attached hydrogens (primary N) is 1. The number of hydrogen-bond donors (Lipinski definition) is 2. The molecule has 2 aromatic rings. The summed E-state index contributed by atoms with van der Waals surface area (Å²) < 4.78 is 6.67. The van der Waals surface area contributed by atoms with Gasteiger partial charge in [0.05, 0.1) is 40.0 Å². The van der Waals surface area contributed by atoms with Crippen LogP contribution in [-0.4, -0.2) is 34.2 Å². The van der Waals surface area contributed by atoms with Gasteiger partial charge in [0.25, 0.3) is 5.91 Å². The third kappa shape index (κ3) is 4.48. The lowest BCUT2D eigenvalue weighted by molar-refractivity contribution is -0.116. The molecule has 0 spiro atoms. The summed E-state index contributed by atoms with van der Waals surface area (Å²) in [5.41, 5.74) is 7.37. The van der Waals surface area contributed by atoms with Crippen molar-refractivity contribution >= 4 is 45.7 Å². The third-order valence-electron chi connectivity index (χ3n) is 3.95. The molecule has 0 aliphatic heterocycles. The highest BCUT2D eigenvalue weighted by Gasteiger charge is 2.25. The number of aryl methyl sites for hydroxylation is 2. The van der Waals surface area contributed by atoms with Crippen LogP contribution >= 0.6 is 22.9 Å². The van der Waals surface area contributed by atoms with Crippen molar-refractivity contribution in [3.8, 4) is 0 Å². The molecular weight excluding hydrogens is 392 g/mol. The molecule has 0 radical (unpaired) electrons. The van der Waals surface area contributed by atoms with Crippen molar-refractivity contribution in [3.05, 3.63) is 32.4 Å². The predicted molar refractivity (Wildman–Crippen MR) is 103 cm³/mol. The van der Waals surface area contributed by atoms with Crippen LogP contribution < -0.4 is 11.1 Å². The van der Waals surface area contributed by atoms with Gasteiger partial charge in [-0.1, -0.05) is 11.6 Å². The summed E-state index contributed by atoms with van der Waals surface area (Å²) in [7, 11) is 0. The Kier molecular flexibility index (Phi) is 6.61. The number of nitrogens with one attached hydrogen (secondary N) is 1. The van der Waals surface area contributed by atoms with Crippen LogP contribution in [0.4, 0.5) is 5.00 Å². The van der Waals surface area contributed by atoms with Gasteiger partial charge in [-0.2, -0.15) is 5.10 Å². The molecular formula is C17H21ClN4O4S. The summed E-state index contributed by atoms with van der Waals surface area (Å²) in [5.74, 6) is -1.61. The van der Waals surface area contributed by atoms with Crippen LogP contribution in [0.25, 0.3) is 0 Å². The van der Waals surface area contributed by atoms with Gasteiger partial charge in [-0.3, -0.25) is 14.3 Å². The van der Waals surface area contributed by atoms with Gasteiger partial charge in [0.2, 0.25) is 5.91 Å². The average Bonchev–Trinajstić information content (AvgIpc) is 3.04. The molecule has 0 atom stereocenters. The van der Waals surface area contributed by atoms with E-state index in [0.29, 0.717) is 22.8 Å². The minimum Gasteiger partial charge on any atom is -0.462 e. The fourth-order valence-electron chi connectivity index (χ4n) is 2.57. The number of anilines is 1. The van der Waals surface area contributed by atoms with Crippen LogP contribution in [0.2, 0.25) is 5.02 Å². The predicted octanol–water partition coefficient (Wildman–Crippen LogP) is 2.83. The van der Waals surface area contributed by atoms with Gasteiger partial charge in [-0.15, -0.1) is 11.3 Å². The molecule has 0 bridgehead atoms. The van der Waals surface area contributed by atoms with Gasteiger partial charge >= 0.3 is 5.97 Å². The van der Waals surface area contributed by atoms with Gasteiger partial charge in [0.15, 0.2) is 0 Å². The lowest BCUT2D eigenvalue weighted by Crippen LogP contribution is -2.17. The maximum Gasteiger partial charge on any atom is 0.341 e. The molecule has 10 heteroatoms. The molecule has 0 aliphatic rings. The number of carbonyl (C=O) groups excluding carboxylic acids is 3. The maximum atomic E-state index is 12.4. The lowest BCUT2D eigenvalue weighted by Gasteiger charge is -2.08. The number of hydrogen-bond acceptors (Lipinski definition) is 6. The second-order valence-corrected chi connectivity index (χ2v) is 7.25. The number of carbonyl (C=O) groups is 3. The molecule has 0 unspecified atom stereocenters. The number of primary amides is 1. The van der Waals surface area contributed by atoms with Crippen LogP contribution in [0, 0.1) is 20.8 Å². The second-order valence-electron chi connectivity index (χ2n) is 5.85. The fourth-order valence-corrected chi connectivity index (χ4v) is 3.77. The van der Waals surface area contributed by atoms with E-state index in [-0.39, 0.29) is 34.4 Å². The Morgan fingerprint density at radius 1 is 1.30 bits per heavy atom. The third-order valence-corrected chi connectivity index (χ3v) is 5.72. The van der Waals surface area contributed by atoms with Crippen LogP contribution in [0.15, 0.2) is 0 Å². The van der Waals surface area contributed by atoms with Crippen molar-refractivity contribution in [1.29, 1.82) is 0 Å². The molecule has 2 heterocycles. The van der Waals surface area contributed by atoms with Crippen molar-refractivity contribution in [3.63, 3.8) is 0 Å². The highest BCUT2D eigenvalue weighted by atomic mass is 35.5. The van der Waals surface area contributed by atoms with Gasteiger partial charge in [0, 0.05) is 6.42 Å². The van der Waals surface area contributed by atoms with Crippen LogP contribution in [0.1, 0.15) is 50.3 Å². The molecule has 0 saturated heterocycles. The normalized spacial score (nSPS) is 10.7. The van der Waals surface area contributed by atoms with E-state index in [9.17, 15) is 14.4 Å². The standard InChI is InChI=1S/C17H21ClN4O4S/c1-5-26-17(25)12-8(2)14(15(19)24)27-16(12)20-11(23)6-7-22-10(4)13(18)9(3)21-22/h5-7H2,1-4H3,(H2,19,24)(H,20,23). The monoisotopic (exact) mass is 412 g/mol. The summed E-state index contributed by atoms with van der Waals surface area (Å²) in [4.78, 5) is 36.4. The van der Waals surface area contributed by atoms with E-state index in [1.54, 1.807) is 25.5 Å². The molecule has 2 aromatic heterocycles. The summed E-state index contributed by atoms with van der Waals surface area (Å²) in [6.07, 6.45) is 0.114. The number of nitrogens with zero attached hydrogens (tertiary/aromatic N) is 2. The first-order valence-electron chi connectivity index (χ1n) is 8.27. The zero-order valence-electron chi connectivity index (χ0n) is 15.5. The zero-order valence-corrected chi connectivity index (χ0v) is 17.1. The Balaban J connectivity index is 2.18. The highest BCUT2D eigenvalue weighted by Crippen LogP contribution is 2.33. The second kappa shape index (κ2) is 8.53. The van der Waals surface area contributed by atoms with E-state index in [1.807, 2.05) is 6.92 Å². The number of rotatable bonds is 7. The molecule has 27 heavy (non-hydrogen) atoms. The first-order valence-corrected chi connectivity index (χ1v) is 9.46. The fraction of sp³-hybridized carbons (Fsp3) is 0.412. The quantitative estimate of drug-likeness (QED) is 0.678. The topological polar surface area (TPSA) is 116 Å². The van der Waals surface area contributed by atoms with E-state index in [0.717, 1.165) is 17.0 Å². The van der Waals surface area contributed by atoms with E-state index in [1.165, 1.54) is 0 Å². The summed E-state index contributed by atoms with van der Waals surface area (Å²) in [6, 6.07) is 0. The molecule has 0 fully saturated rings. The Bertz CT molecular complexity index is 903. The Labute approximate surface area is 165 Å². The number of ether oxygens (including phenoxy) is 1. The van der Waals surface area contributed by atoms with Crippen molar-refractivity contribution in [1.82, 2.24) is 9.78 Å². The number of aromatic nitrogens is 2. The van der Waals surface area contributed by atoms with E-state index >= 15 is 0 Å². The summed E-state index contributed by atoms with van der Waals surface area (Å²) >= 11 is 7.06. The first-order chi connectivity index (χ1) is 12.7. The van der Waals surface area contributed by atoms with Crippen LogP contribution in [-0.2, 0) is 16.1 Å². The minimum atomic E-state index is -0.666. The van der Waals surface area contributed by atoms with E-state index < -0.39 is 11.9 Å². The number of halogens is 1. The molecule has 146 valence electrons. The average molecular weight is 413 g/mol. The highest BCUT2D eigenvalue weighted by molar-refractivity contribution is 7.18. The van der Waals surface area contributed by atoms with E-state index in [2.05, 4.69) is 10.4 Å². The van der Waals surface area contributed by atoms with Crippen molar-refractivity contribution in [2.24, 2.45) is 5.73 Å². The van der Waals surface area contributed by atoms with Crippen LogP contribution in [0.5, 0.6) is 0 Å².